The summed E-state index contributed by atoms with van der Waals surface area (Å²) >= 11 is 6.19. The number of benzene rings is 2. The van der Waals surface area contributed by atoms with E-state index in [0.717, 1.165) is 11.0 Å². The zero-order valence-corrected chi connectivity index (χ0v) is 18.0. The summed E-state index contributed by atoms with van der Waals surface area (Å²) < 4.78 is 26.8. The first-order valence-corrected chi connectivity index (χ1v) is 11.1. The number of carbonyl (C=O) groups is 1. The van der Waals surface area contributed by atoms with E-state index in [1.807, 2.05) is 24.3 Å². The zero-order chi connectivity index (χ0) is 21.2. The second-order valence-corrected chi connectivity index (χ2v) is 8.91. The van der Waals surface area contributed by atoms with Crippen LogP contribution in [0.25, 0.3) is 11.0 Å². The molecule has 0 aliphatic carbocycles. The number of para-hydroxylation sites is 2. The Morgan fingerprint density at radius 1 is 1.21 bits per heavy atom. The van der Waals surface area contributed by atoms with Crippen LogP contribution >= 0.6 is 11.6 Å². The van der Waals surface area contributed by atoms with Crippen molar-refractivity contribution in [1.82, 2.24) is 19.6 Å². The summed E-state index contributed by atoms with van der Waals surface area (Å²) in [6.45, 7) is 6.00. The molecule has 2 N–H and O–H groups in total. The Labute approximate surface area is 175 Å². The average Bonchev–Trinajstić information content (AvgIpc) is 3.13. The molecule has 1 aromatic heterocycles. The molecule has 7 nitrogen and oxygen atoms in total. The summed E-state index contributed by atoms with van der Waals surface area (Å²) in [6, 6.07) is 11.3. The molecule has 0 aliphatic heterocycles. The van der Waals surface area contributed by atoms with Gasteiger partial charge in [-0.05, 0) is 37.3 Å². The van der Waals surface area contributed by atoms with Gasteiger partial charge >= 0.3 is 0 Å². The van der Waals surface area contributed by atoms with Crippen molar-refractivity contribution in [2.24, 2.45) is 0 Å². The summed E-state index contributed by atoms with van der Waals surface area (Å²) in [5.41, 5.74) is 1.77. The highest BCUT2D eigenvalue weighted by atomic mass is 35.5. The Morgan fingerprint density at radius 3 is 2.55 bits per heavy atom. The topological polar surface area (TPSA) is 95.2 Å². The molecule has 0 saturated heterocycles. The molecule has 0 bridgehead atoms. The van der Waals surface area contributed by atoms with E-state index >= 15 is 0 Å². The number of H-pyrrole nitrogens is 1. The Bertz CT molecular complexity index is 1110. The van der Waals surface area contributed by atoms with Gasteiger partial charge in [-0.1, -0.05) is 37.6 Å². The maximum atomic E-state index is 12.8. The molecule has 0 saturated carbocycles. The third-order valence-electron chi connectivity index (χ3n) is 4.69. The van der Waals surface area contributed by atoms with Gasteiger partial charge in [-0.15, -0.1) is 0 Å². The van der Waals surface area contributed by atoms with Crippen LogP contribution in [0.4, 0.5) is 0 Å². The zero-order valence-electron chi connectivity index (χ0n) is 16.4. The van der Waals surface area contributed by atoms with E-state index in [2.05, 4.69) is 15.3 Å². The number of aromatic amines is 1. The minimum absolute atomic E-state index is 0.0344. The van der Waals surface area contributed by atoms with Gasteiger partial charge in [0.15, 0.2) is 0 Å². The van der Waals surface area contributed by atoms with Crippen LogP contribution in [-0.4, -0.2) is 41.7 Å². The lowest BCUT2D eigenvalue weighted by molar-refractivity contribution is 0.0938. The van der Waals surface area contributed by atoms with Crippen LogP contribution in [0.2, 0.25) is 5.02 Å². The van der Waals surface area contributed by atoms with Crippen molar-refractivity contribution in [3.8, 4) is 0 Å². The number of sulfonamides is 1. The first-order chi connectivity index (χ1) is 13.8. The normalized spacial score (nSPS) is 13.0. The highest BCUT2D eigenvalue weighted by Gasteiger charge is 2.24. The minimum Gasteiger partial charge on any atom is -0.342 e. The molecular weight excluding hydrogens is 412 g/mol. The molecule has 0 fully saturated rings. The molecule has 9 heteroatoms. The SMILES string of the molecule is CCN(CC)S(=O)(=O)c1ccc(Cl)c(C(=O)N[C@@H](C)c2nc3ccccc3[nH]2)c1. The number of aromatic nitrogens is 2. The molecule has 2 aromatic carbocycles. The third-order valence-corrected chi connectivity index (χ3v) is 7.07. The van der Waals surface area contributed by atoms with Crippen LogP contribution in [0, 0.1) is 0 Å². The molecule has 0 radical (unpaired) electrons. The van der Waals surface area contributed by atoms with Crippen LogP contribution in [0.1, 0.15) is 43.0 Å². The lowest BCUT2D eigenvalue weighted by atomic mass is 10.2. The third kappa shape index (κ3) is 4.29. The molecule has 1 atom stereocenters. The summed E-state index contributed by atoms with van der Waals surface area (Å²) in [4.78, 5) is 20.5. The van der Waals surface area contributed by atoms with Crippen molar-refractivity contribution in [2.45, 2.75) is 31.7 Å². The maximum Gasteiger partial charge on any atom is 0.253 e. The first-order valence-electron chi connectivity index (χ1n) is 9.33. The van der Waals surface area contributed by atoms with Crippen LogP contribution in [0.3, 0.4) is 0 Å². The molecular formula is C20H23ClN4O3S. The largest absolute Gasteiger partial charge is 0.342 e. The number of halogens is 1. The van der Waals surface area contributed by atoms with E-state index in [9.17, 15) is 13.2 Å². The quantitative estimate of drug-likeness (QED) is 0.592. The van der Waals surface area contributed by atoms with E-state index in [-0.39, 0.29) is 15.5 Å². The number of hydrogen-bond donors (Lipinski definition) is 2. The minimum atomic E-state index is -3.70. The van der Waals surface area contributed by atoms with Gasteiger partial charge in [-0.25, -0.2) is 13.4 Å². The second kappa shape index (κ2) is 8.52. The lowest BCUT2D eigenvalue weighted by Gasteiger charge is -2.19. The Kier molecular flexibility index (Phi) is 6.26. The molecule has 0 aliphatic rings. The van der Waals surface area contributed by atoms with Gasteiger partial charge in [0.05, 0.1) is 32.6 Å². The van der Waals surface area contributed by atoms with Gasteiger partial charge < -0.3 is 10.3 Å². The molecule has 154 valence electrons. The molecule has 3 aromatic rings. The number of fused-ring (bicyclic) bond motifs is 1. The molecule has 29 heavy (non-hydrogen) atoms. The summed E-state index contributed by atoms with van der Waals surface area (Å²) in [6.07, 6.45) is 0. The standard InChI is InChI=1S/C20H23ClN4O3S/c1-4-25(5-2)29(27,28)14-10-11-16(21)15(12-14)20(26)22-13(3)19-23-17-8-6-7-9-18(17)24-19/h6-13H,4-5H2,1-3H3,(H,22,26)(H,23,24)/t13-/m0/s1. The lowest BCUT2D eigenvalue weighted by Crippen LogP contribution is -2.31. The maximum absolute atomic E-state index is 12.8. The van der Waals surface area contributed by atoms with E-state index in [4.69, 9.17) is 11.6 Å². The fraction of sp³-hybridized carbons (Fsp3) is 0.300. The number of rotatable bonds is 7. The Morgan fingerprint density at radius 2 is 1.90 bits per heavy atom. The average molecular weight is 435 g/mol. The molecule has 3 rings (SSSR count). The Balaban J connectivity index is 1.87. The summed E-state index contributed by atoms with van der Waals surface area (Å²) in [5, 5.41) is 3.00. The fourth-order valence-corrected chi connectivity index (χ4v) is 4.76. The van der Waals surface area contributed by atoms with Gasteiger partial charge in [0.25, 0.3) is 5.91 Å². The second-order valence-electron chi connectivity index (χ2n) is 6.57. The number of amides is 1. The highest BCUT2D eigenvalue weighted by Crippen LogP contribution is 2.24. The van der Waals surface area contributed by atoms with Crippen molar-refractivity contribution in [1.29, 1.82) is 0 Å². The van der Waals surface area contributed by atoms with Crippen molar-refractivity contribution in [3.05, 3.63) is 58.9 Å². The van der Waals surface area contributed by atoms with Gasteiger partial charge in [-0.3, -0.25) is 4.79 Å². The fourth-order valence-electron chi connectivity index (χ4n) is 3.07. The van der Waals surface area contributed by atoms with Gasteiger partial charge in [0.2, 0.25) is 10.0 Å². The molecule has 1 heterocycles. The van der Waals surface area contributed by atoms with E-state index < -0.39 is 22.0 Å². The van der Waals surface area contributed by atoms with Gasteiger partial charge in [-0.2, -0.15) is 4.31 Å². The van der Waals surface area contributed by atoms with Crippen LogP contribution in [-0.2, 0) is 10.0 Å². The van der Waals surface area contributed by atoms with E-state index in [1.165, 1.54) is 22.5 Å². The predicted octanol–water partition coefficient (Wildman–Crippen LogP) is 3.74. The number of carbonyl (C=O) groups excluding carboxylic acids is 1. The molecule has 1 amide bonds. The van der Waals surface area contributed by atoms with Crippen molar-refractivity contribution in [3.63, 3.8) is 0 Å². The number of nitrogens with zero attached hydrogens (tertiary/aromatic N) is 2. The highest BCUT2D eigenvalue weighted by molar-refractivity contribution is 7.89. The smallest absolute Gasteiger partial charge is 0.253 e. The predicted molar refractivity (Wildman–Crippen MR) is 114 cm³/mol. The monoisotopic (exact) mass is 434 g/mol. The van der Waals surface area contributed by atoms with E-state index in [1.54, 1.807) is 20.8 Å². The number of imidazole rings is 1. The number of hydrogen-bond acceptors (Lipinski definition) is 4. The van der Waals surface area contributed by atoms with Crippen molar-refractivity contribution in [2.75, 3.05) is 13.1 Å². The first kappa shape index (κ1) is 21.3. The van der Waals surface area contributed by atoms with Crippen LogP contribution < -0.4 is 5.32 Å². The van der Waals surface area contributed by atoms with Gasteiger partial charge in [0.1, 0.15) is 5.82 Å². The van der Waals surface area contributed by atoms with E-state index in [0.29, 0.717) is 18.9 Å². The van der Waals surface area contributed by atoms with Crippen LogP contribution in [0.5, 0.6) is 0 Å². The Hall–Kier alpha value is -2.42. The van der Waals surface area contributed by atoms with Crippen molar-refractivity contribution >= 4 is 38.6 Å². The summed E-state index contributed by atoms with van der Waals surface area (Å²) in [7, 11) is -3.70. The molecule has 0 unspecified atom stereocenters. The van der Waals surface area contributed by atoms with Crippen molar-refractivity contribution < 1.29 is 13.2 Å². The summed E-state index contributed by atoms with van der Waals surface area (Å²) in [5.74, 6) is 0.127. The van der Waals surface area contributed by atoms with Gasteiger partial charge in [0, 0.05) is 13.1 Å². The van der Waals surface area contributed by atoms with Crippen LogP contribution in [0.15, 0.2) is 47.4 Å². The molecule has 0 spiro atoms. The number of nitrogens with one attached hydrogen (secondary N) is 2.